The maximum atomic E-state index is 13.2. The molecule has 1 aliphatic rings. The zero-order valence-electron chi connectivity index (χ0n) is 24.7. The van der Waals surface area contributed by atoms with Gasteiger partial charge in [-0.25, -0.2) is 17.6 Å². The molecule has 230 valence electrons. The van der Waals surface area contributed by atoms with Crippen LogP contribution in [0.4, 0.5) is 9.18 Å². The SMILES string of the molecule is CCN(C(=O)Cc1ccc(S(C)(=O)=O)cc1)C1CCN(CCC(OC(=O)NCc2ccc(F)cc2)c2ccccc2)CC1. The molecule has 2 amide bonds. The topological polar surface area (TPSA) is 96.0 Å². The fraction of sp³-hybridized carbons (Fsp3) is 0.394. The lowest BCUT2D eigenvalue weighted by Gasteiger charge is -2.38. The number of halogens is 1. The van der Waals surface area contributed by atoms with E-state index in [9.17, 15) is 22.4 Å². The van der Waals surface area contributed by atoms with Gasteiger partial charge >= 0.3 is 6.09 Å². The summed E-state index contributed by atoms with van der Waals surface area (Å²) >= 11 is 0. The predicted molar refractivity (Wildman–Crippen MR) is 164 cm³/mol. The van der Waals surface area contributed by atoms with E-state index < -0.39 is 22.0 Å². The third-order valence-corrected chi connectivity index (χ3v) is 8.97. The summed E-state index contributed by atoms with van der Waals surface area (Å²) in [4.78, 5) is 30.3. The molecule has 10 heteroatoms. The number of hydrogen-bond donors (Lipinski definition) is 1. The van der Waals surface area contributed by atoms with Crippen LogP contribution in [0.25, 0.3) is 0 Å². The monoisotopic (exact) mass is 609 g/mol. The van der Waals surface area contributed by atoms with Crippen molar-refractivity contribution in [2.24, 2.45) is 0 Å². The van der Waals surface area contributed by atoms with Gasteiger partial charge in [0.2, 0.25) is 5.91 Å². The number of amides is 2. The summed E-state index contributed by atoms with van der Waals surface area (Å²) in [6.45, 7) is 5.24. The first kappa shape index (κ1) is 32.2. The third kappa shape index (κ3) is 9.62. The lowest BCUT2D eigenvalue weighted by atomic mass is 10.0. The Bertz CT molecular complexity index is 1440. The molecular formula is C33H40FN3O5S. The van der Waals surface area contributed by atoms with Crippen molar-refractivity contribution in [2.75, 3.05) is 32.4 Å². The molecule has 1 heterocycles. The van der Waals surface area contributed by atoms with Crippen LogP contribution in [-0.2, 0) is 32.3 Å². The third-order valence-electron chi connectivity index (χ3n) is 7.84. The van der Waals surface area contributed by atoms with Crippen LogP contribution in [-0.4, -0.2) is 68.7 Å². The van der Waals surface area contributed by atoms with Gasteiger partial charge in [-0.1, -0.05) is 54.6 Å². The average Bonchev–Trinajstić information content (AvgIpc) is 3.00. The Kier molecular flexibility index (Phi) is 11.3. The molecular weight excluding hydrogens is 569 g/mol. The molecule has 0 spiro atoms. The van der Waals surface area contributed by atoms with Crippen molar-refractivity contribution in [1.82, 2.24) is 15.1 Å². The van der Waals surface area contributed by atoms with Gasteiger partial charge in [-0.2, -0.15) is 0 Å². The van der Waals surface area contributed by atoms with Gasteiger partial charge in [0.25, 0.3) is 0 Å². The Labute approximate surface area is 253 Å². The second-order valence-electron chi connectivity index (χ2n) is 10.9. The van der Waals surface area contributed by atoms with Crippen molar-refractivity contribution >= 4 is 21.8 Å². The number of nitrogens with one attached hydrogen (secondary N) is 1. The summed E-state index contributed by atoms with van der Waals surface area (Å²) in [5, 5.41) is 2.76. The van der Waals surface area contributed by atoms with Gasteiger partial charge in [-0.3, -0.25) is 4.79 Å². The predicted octanol–water partition coefficient (Wildman–Crippen LogP) is 5.14. The van der Waals surface area contributed by atoms with Crippen LogP contribution >= 0.6 is 0 Å². The number of ether oxygens (including phenoxy) is 1. The van der Waals surface area contributed by atoms with Crippen molar-refractivity contribution in [3.63, 3.8) is 0 Å². The van der Waals surface area contributed by atoms with E-state index in [1.807, 2.05) is 42.2 Å². The number of hydrogen-bond acceptors (Lipinski definition) is 6. The number of nitrogens with zero attached hydrogens (tertiary/aromatic N) is 2. The lowest BCUT2D eigenvalue weighted by molar-refractivity contribution is -0.133. The fourth-order valence-electron chi connectivity index (χ4n) is 5.43. The average molecular weight is 610 g/mol. The van der Waals surface area contributed by atoms with E-state index in [2.05, 4.69) is 10.2 Å². The molecule has 0 aliphatic carbocycles. The van der Waals surface area contributed by atoms with Gasteiger partial charge in [0.05, 0.1) is 11.3 Å². The van der Waals surface area contributed by atoms with Crippen LogP contribution in [0, 0.1) is 5.82 Å². The van der Waals surface area contributed by atoms with E-state index in [0.717, 1.165) is 49.2 Å². The Morgan fingerprint density at radius 1 is 0.977 bits per heavy atom. The fourth-order valence-corrected chi connectivity index (χ4v) is 6.06. The minimum Gasteiger partial charge on any atom is -0.441 e. The van der Waals surface area contributed by atoms with E-state index in [-0.39, 0.29) is 35.6 Å². The molecule has 1 fully saturated rings. The first-order valence-electron chi connectivity index (χ1n) is 14.7. The highest BCUT2D eigenvalue weighted by molar-refractivity contribution is 7.90. The molecule has 4 rings (SSSR count). The van der Waals surface area contributed by atoms with Crippen molar-refractivity contribution < 1.29 is 27.1 Å². The molecule has 1 saturated heterocycles. The zero-order valence-corrected chi connectivity index (χ0v) is 25.6. The van der Waals surface area contributed by atoms with Gasteiger partial charge in [-0.05, 0) is 60.7 Å². The molecule has 1 unspecified atom stereocenters. The summed E-state index contributed by atoms with van der Waals surface area (Å²) < 4.78 is 42.5. The molecule has 8 nitrogen and oxygen atoms in total. The molecule has 0 aromatic heterocycles. The number of sulfone groups is 1. The Hall–Kier alpha value is -3.76. The maximum Gasteiger partial charge on any atom is 0.408 e. The van der Waals surface area contributed by atoms with Crippen molar-refractivity contribution in [1.29, 1.82) is 0 Å². The molecule has 0 bridgehead atoms. The Morgan fingerprint density at radius 2 is 1.60 bits per heavy atom. The number of benzene rings is 3. The summed E-state index contributed by atoms with van der Waals surface area (Å²) in [7, 11) is -3.28. The molecule has 43 heavy (non-hydrogen) atoms. The van der Waals surface area contributed by atoms with E-state index in [4.69, 9.17) is 4.74 Å². The largest absolute Gasteiger partial charge is 0.441 e. The number of piperidine rings is 1. The second-order valence-corrected chi connectivity index (χ2v) is 12.9. The first-order chi connectivity index (χ1) is 20.6. The number of likely N-dealkylation sites (N-methyl/N-ethyl adjacent to an activating group) is 1. The van der Waals surface area contributed by atoms with Crippen molar-refractivity contribution in [3.05, 3.63) is 101 Å². The minimum absolute atomic E-state index is 0.0391. The van der Waals surface area contributed by atoms with Crippen LogP contribution in [0.2, 0.25) is 0 Å². The smallest absolute Gasteiger partial charge is 0.408 e. The molecule has 1 atom stereocenters. The Balaban J connectivity index is 1.27. The van der Waals surface area contributed by atoms with Gasteiger partial charge in [0, 0.05) is 51.4 Å². The van der Waals surface area contributed by atoms with Crippen molar-refractivity contribution in [3.8, 4) is 0 Å². The standard InChI is InChI=1S/C33H40FN3O5S/c1-3-37(32(38)23-25-11-15-30(16-12-25)43(2,40)41)29-17-20-36(21-18-29)22-19-31(27-7-5-4-6-8-27)42-33(39)35-24-26-9-13-28(34)14-10-26/h4-16,29,31H,3,17-24H2,1-2H3,(H,35,39). The quantitative estimate of drug-likeness (QED) is 0.306. The maximum absolute atomic E-state index is 13.2. The van der Waals surface area contributed by atoms with Crippen LogP contribution in [0.15, 0.2) is 83.8 Å². The van der Waals surface area contributed by atoms with Crippen molar-refractivity contribution in [2.45, 2.75) is 56.2 Å². The van der Waals surface area contributed by atoms with Crippen LogP contribution in [0.5, 0.6) is 0 Å². The van der Waals surface area contributed by atoms with E-state index >= 15 is 0 Å². The van der Waals surface area contributed by atoms with E-state index in [0.29, 0.717) is 13.0 Å². The molecule has 0 saturated carbocycles. The van der Waals surface area contributed by atoms with E-state index in [1.165, 1.54) is 18.4 Å². The normalized spacial score (nSPS) is 15.0. The van der Waals surface area contributed by atoms with Crippen LogP contribution in [0.1, 0.15) is 49.0 Å². The highest BCUT2D eigenvalue weighted by atomic mass is 32.2. The summed E-state index contributed by atoms with van der Waals surface area (Å²) in [6.07, 6.45) is 2.77. The number of carbonyl (C=O) groups is 2. The first-order valence-corrected chi connectivity index (χ1v) is 16.6. The number of alkyl carbamates (subject to hydrolysis) is 1. The molecule has 1 aliphatic heterocycles. The molecule has 1 N–H and O–H groups in total. The van der Waals surface area contributed by atoms with E-state index in [1.54, 1.807) is 36.4 Å². The number of likely N-dealkylation sites (tertiary alicyclic amines) is 1. The van der Waals surface area contributed by atoms with Gasteiger partial charge in [-0.15, -0.1) is 0 Å². The summed E-state index contributed by atoms with van der Waals surface area (Å²) in [5.41, 5.74) is 2.49. The minimum atomic E-state index is -3.28. The summed E-state index contributed by atoms with van der Waals surface area (Å²) in [5.74, 6) is -0.287. The van der Waals surface area contributed by atoms with Gasteiger partial charge < -0.3 is 19.9 Å². The zero-order chi connectivity index (χ0) is 30.8. The highest BCUT2D eigenvalue weighted by Gasteiger charge is 2.28. The highest BCUT2D eigenvalue weighted by Crippen LogP contribution is 2.24. The molecule has 3 aromatic carbocycles. The summed E-state index contributed by atoms with van der Waals surface area (Å²) in [6, 6.07) is 22.3. The second kappa shape index (κ2) is 15.1. The lowest BCUT2D eigenvalue weighted by Crippen LogP contribution is -2.48. The van der Waals surface area contributed by atoms with Crippen LogP contribution < -0.4 is 5.32 Å². The number of carbonyl (C=O) groups excluding carboxylic acids is 2. The molecule has 0 radical (unpaired) electrons. The van der Waals surface area contributed by atoms with Crippen LogP contribution in [0.3, 0.4) is 0 Å². The Morgan fingerprint density at radius 3 is 2.21 bits per heavy atom. The molecule has 3 aromatic rings. The van der Waals surface area contributed by atoms with Gasteiger partial charge in [0.15, 0.2) is 9.84 Å². The number of rotatable bonds is 12. The van der Waals surface area contributed by atoms with Gasteiger partial charge in [0.1, 0.15) is 11.9 Å².